The van der Waals surface area contributed by atoms with Gasteiger partial charge in [-0.25, -0.2) is 8.42 Å². The highest BCUT2D eigenvalue weighted by atomic mass is 32.2. The molecule has 0 unspecified atom stereocenters. The summed E-state index contributed by atoms with van der Waals surface area (Å²) in [6.07, 6.45) is 0. The van der Waals surface area contributed by atoms with Crippen LogP contribution in [0.25, 0.3) is 0 Å². The monoisotopic (exact) mass is 205 g/mol. The Morgan fingerprint density at radius 3 is 2.69 bits per heavy atom. The van der Waals surface area contributed by atoms with Gasteiger partial charge in [-0.1, -0.05) is 0 Å². The molecular weight excluding hydrogens is 198 g/mol. The fraction of sp³-hybridized carbons (Fsp3) is 0.167. The fourth-order valence-electron chi connectivity index (χ4n) is 0.681. The molecule has 1 rings (SSSR count). The minimum Gasteiger partial charge on any atom is -0.449 e. The van der Waals surface area contributed by atoms with E-state index in [2.05, 4.69) is 4.84 Å². The Kier molecular flexibility index (Phi) is 2.69. The first-order valence-electron chi connectivity index (χ1n) is 3.24. The lowest BCUT2D eigenvalue weighted by Gasteiger charge is -1.98. The second-order valence-electron chi connectivity index (χ2n) is 2.17. The highest BCUT2D eigenvalue weighted by Gasteiger charge is 2.18. The summed E-state index contributed by atoms with van der Waals surface area (Å²) in [4.78, 5) is 15.1. The third kappa shape index (κ3) is 2.30. The van der Waals surface area contributed by atoms with E-state index in [0.29, 0.717) is 5.76 Å². The summed E-state index contributed by atoms with van der Waals surface area (Å²) in [6, 6.07) is 2.74. The van der Waals surface area contributed by atoms with Crippen LogP contribution in [0.5, 0.6) is 0 Å². The van der Waals surface area contributed by atoms with Crippen molar-refractivity contribution in [1.82, 2.24) is 4.89 Å². The van der Waals surface area contributed by atoms with E-state index in [1.807, 2.05) is 0 Å². The maximum Gasteiger partial charge on any atom is 0.314 e. The van der Waals surface area contributed by atoms with E-state index in [9.17, 15) is 13.2 Å². The van der Waals surface area contributed by atoms with Gasteiger partial charge in [-0.2, -0.15) is 0 Å². The molecule has 0 atom stereocenters. The van der Waals surface area contributed by atoms with Crippen molar-refractivity contribution in [2.24, 2.45) is 0 Å². The van der Waals surface area contributed by atoms with Gasteiger partial charge in [0.25, 0.3) is 0 Å². The Bertz CT molecular complexity index is 393. The smallest absolute Gasteiger partial charge is 0.314 e. The van der Waals surface area contributed by atoms with Crippen molar-refractivity contribution >= 4 is 16.5 Å². The van der Waals surface area contributed by atoms with Crippen LogP contribution in [0.15, 0.2) is 21.6 Å². The molecule has 13 heavy (non-hydrogen) atoms. The topological polar surface area (TPSA) is 85.6 Å². The highest BCUT2D eigenvalue weighted by molar-refractivity contribution is 7.89. The molecule has 0 amide bonds. The first-order valence-corrected chi connectivity index (χ1v) is 4.72. The molecule has 1 aromatic heterocycles. The Labute approximate surface area is 74.5 Å². The van der Waals surface area contributed by atoms with Crippen LogP contribution in [0.1, 0.15) is 5.76 Å². The first kappa shape index (κ1) is 9.75. The van der Waals surface area contributed by atoms with Crippen LogP contribution in [-0.2, 0) is 19.7 Å². The molecule has 6 nitrogen and oxygen atoms in total. The summed E-state index contributed by atoms with van der Waals surface area (Å²) < 4.78 is 27.0. The van der Waals surface area contributed by atoms with Gasteiger partial charge in [0.2, 0.25) is 5.09 Å². The lowest BCUT2D eigenvalue weighted by molar-refractivity contribution is -0.131. The fourth-order valence-corrected chi connectivity index (χ4v) is 1.42. The highest BCUT2D eigenvalue weighted by Crippen LogP contribution is 2.11. The van der Waals surface area contributed by atoms with Crippen molar-refractivity contribution in [3.63, 3.8) is 0 Å². The predicted octanol–water partition coefficient (Wildman–Crippen LogP) is -0.0457. The minimum atomic E-state index is -3.87. The van der Waals surface area contributed by atoms with E-state index in [0.717, 1.165) is 0 Å². The maximum atomic E-state index is 11.1. The number of aryl methyl sites for hydroxylation is 1. The van der Waals surface area contributed by atoms with Crippen molar-refractivity contribution < 1.29 is 22.5 Å². The van der Waals surface area contributed by atoms with E-state index in [1.54, 1.807) is 11.8 Å². The molecule has 0 aliphatic rings. The van der Waals surface area contributed by atoms with Crippen LogP contribution >= 0.6 is 0 Å². The van der Waals surface area contributed by atoms with Gasteiger partial charge < -0.3 is 9.25 Å². The van der Waals surface area contributed by atoms with Gasteiger partial charge in [0.05, 0.1) is 0 Å². The van der Waals surface area contributed by atoms with Crippen molar-refractivity contribution in [3.8, 4) is 0 Å². The van der Waals surface area contributed by atoms with Crippen molar-refractivity contribution in [3.05, 3.63) is 17.9 Å². The number of nitrogens with one attached hydrogen (secondary N) is 1. The molecule has 0 saturated heterocycles. The summed E-state index contributed by atoms with van der Waals surface area (Å²) in [5, 5.41) is -0.299. The third-order valence-electron chi connectivity index (χ3n) is 1.19. The Morgan fingerprint density at radius 2 is 2.23 bits per heavy atom. The Hall–Kier alpha value is -1.34. The molecule has 0 radical (unpaired) electrons. The number of furan rings is 1. The molecule has 0 aromatic carbocycles. The minimum absolute atomic E-state index is 0.0344. The third-order valence-corrected chi connectivity index (χ3v) is 2.25. The van der Waals surface area contributed by atoms with Crippen LogP contribution in [0.3, 0.4) is 0 Å². The molecule has 0 aliphatic heterocycles. The molecular formula is C6H7NO5S. The van der Waals surface area contributed by atoms with E-state index < -0.39 is 10.0 Å². The number of hydrogen-bond donors (Lipinski definition) is 1. The number of carbonyl (C=O) groups is 1. The maximum absolute atomic E-state index is 11.1. The summed E-state index contributed by atoms with van der Waals surface area (Å²) >= 11 is 0. The molecule has 1 N–H and O–H groups in total. The molecule has 0 fully saturated rings. The molecule has 0 aliphatic carbocycles. The lowest BCUT2D eigenvalue weighted by Crippen LogP contribution is -2.22. The largest absolute Gasteiger partial charge is 0.449 e. The van der Waals surface area contributed by atoms with Crippen LogP contribution in [0, 0.1) is 6.92 Å². The Morgan fingerprint density at radius 1 is 1.54 bits per heavy atom. The number of carbonyl (C=O) groups excluding carboxylic acids is 1. The second-order valence-corrected chi connectivity index (χ2v) is 3.74. The van der Waals surface area contributed by atoms with Crippen LogP contribution in [0.4, 0.5) is 0 Å². The van der Waals surface area contributed by atoms with Crippen molar-refractivity contribution in [2.75, 3.05) is 0 Å². The zero-order chi connectivity index (χ0) is 9.90. The van der Waals surface area contributed by atoms with Gasteiger partial charge in [-0.15, -0.1) is 0 Å². The van der Waals surface area contributed by atoms with Gasteiger partial charge in [-0.3, -0.25) is 4.79 Å². The van der Waals surface area contributed by atoms with Crippen LogP contribution in [-0.4, -0.2) is 14.9 Å². The van der Waals surface area contributed by atoms with E-state index in [1.165, 1.54) is 12.1 Å². The molecule has 1 heterocycles. The van der Waals surface area contributed by atoms with E-state index >= 15 is 0 Å². The van der Waals surface area contributed by atoms with Crippen LogP contribution < -0.4 is 4.89 Å². The molecule has 0 bridgehead atoms. The van der Waals surface area contributed by atoms with Gasteiger partial charge >= 0.3 is 16.5 Å². The summed E-state index contributed by atoms with van der Waals surface area (Å²) in [5.74, 6) is 0.450. The normalized spacial score (nSPS) is 11.2. The summed E-state index contributed by atoms with van der Waals surface area (Å²) in [5.41, 5.74) is 0. The van der Waals surface area contributed by atoms with E-state index in [4.69, 9.17) is 4.42 Å². The zero-order valence-electron chi connectivity index (χ0n) is 6.68. The summed E-state index contributed by atoms with van der Waals surface area (Å²) in [6.45, 7) is 1.56. The summed E-state index contributed by atoms with van der Waals surface area (Å²) in [7, 11) is -3.87. The van der Waals surface area contributed by atoms with Gasteiger partial charge in [0, 0.05) is 0 Å². The van der Waals surface area contributed by atoms with Gasteiger partial charge in [0.1, 0.15) is 5.76 Å². The quantitative estimate of drug-likeness (QED) is 0.550. The molecule has 0 spiro atoms. The lowest BCUT2D eigenvalue weighted by atomic mass is 10.5. The van der Waals surface area contributed by atoms with Gasteiger partial charge in [0.15, 0.2) is 0 Å². The molecule has 1 aromatic rings. The molecule has 7 heteroatoms. The standard InChI is InChI=1S/C6H7NO5S/c1-5-2-3-6(12-5)13(9,10)7-11-4-8/h2-4,7H,1H3. The average Bonchev–Trinajstić information content (AvgIpc) is 2.49. The van der Waals surface area contributed by atoms with E-state index in [-0.39, 0.29) is 11.6 Å². The average molecular weight is 205 g/mol. The number of rotatable bonds is 4. The second kappa shape index (κ2) is 3.58. The van der Waals surface area contributed by atoms with Crippen molar-refractivity contribution in [1.29, 1.82) is 0 Å². The Balaban J connectivity index is 2.87. The molecule has 72 valence electrons. The van der Waals surface area contributed by atoms with Crippen molar-refractivity contribution in [2.45, 2.75) is 12.0 Å². The SMILES string of the molecule is Cc1ccc(S(=O)(=O)NOC=O)o1. The van der Waals surface area contributed by atoms with Gasteiger partial charge in [-0.05, 0) is 23.9 Å². The predicted molar refractivity (Wildman–Crippen MR) is 40.9 cm³/mol. The van der Waals surface area contributed by atoms with Crippen LogP contribution in [0.2, 0.25) is 0 Å². The number of sulfonamides is 1. The number of hydrogen-bond acceptors (Lipinski definition) is 5. The molecule has 0 saturated carbocycles. The zero-order valence-corrected chi connectivity index (χ0v) is 7.50. The first-order chi connectivity index (χ1) is 6.06.